The van der Waals surface area contributed by atoms with E-state index in [9.17, 15) is 0 Å². The Kier molecular flexibility index (Phi) is 2.58. The summed E-state index contributed by atoms with van der Waals surface area (Å²) in [6, 6.07) is 11.5. The highest BCUT2D eigenvalue weighted by molar-refractivity contribution is 7.15. The molecule has 1 aliphatic heterocycles. The largest absolute Gasteiger partial charge is 0.312 e. The minimum absolute atomic E-state index is 0.514. The predicted molar refractivity (Wildman–Crippen MR) is 81.8 cm³/mol. The fourth-order valence-corrected chi connectivity index (χ4v) is 4.56. The van der Waals surface area contributed by atoms with Crippen LogP contribution < -0.4 is 5.32 Å². The van der Waals surface area contributed by atoms with E-state index in [2.05, 4.69) is 42.6 Å². The van der Waals surface area contributed by atoms with Gasteiger partial charge in [0.05, 0.1) is 0 Å². The summed E-state index contributed by atoms with van der Waals surface area (Å²) in [7, 11) is 0. The Morgan fingerprint density at radius 1 is 1.21 bits per heavy atom. The van der Waals surface area contributed by atoms with E-state index >= 15 is 0 Å². The molecule has 98 valence electrons. The van der Waals surface area contributed by atoms with E-state index in [0.717, 1.165) is 13.0 Å². The van der Waals surface area contributed by atoms with Crippen LogP contribution in [0.4, 0.5) is 0 Å². The summed E-state index contributed by atoms with van der Waals surface area (Å²) in [4.78, 5) is 3.11. The molecule has 0 amide bonds. The lowest BCUT2D eigenvalue weighted by Crippen LogP contribution is -2.31. The molecule has 0 atom stereocenters. The van der Waals surface area contributed by atoms with Crippen LogP contribution in [-0.4, -0.2) is 6.54 Å². The van der Waals surface area contributed by atoms with Gasteiger partial charge in [0.25, 0.3) is 0 Å². The van der Waals surface area contributed by atoms with Crippen LogP contribution in [0, 0.1) is 0 Å². The molecule has 1 nitrogen and oxygen atoms in total. The van der Waals surface area contributed by atoms with Crippen LogP contribution in [0.3, 0.4) is 0 Å². The van der Waals surface area contributed by atoms with Crippen LogP contribution in [0.25, 0.3) is 10.4 Å². The smallest absolute Gasteiger partial charge is 0.0349 e. The topological polar surface area (TPSA) is 12.0 Å². The van der Waals surface area contributed by atoms with Gasteiger partial charge >= 0.3 is 0 Å². The molecule has 2 aliphatic rings. The lowest BCUT2D eigenvalue weighted by atomic mass is 9.97. The lowest BCUT2D eigenvalue weighted by Gasteiger charge is -2.22. The molecule has 1 saturated carbocycles. The second kappa shape index (κ2) is 4.19. The van der Waals surface area contributed by atoms with Gasteiger partial charge < -0.3 is 5.32 Å². The molecule has 4 rings (SSSR count). The molecule has 2 aromatic rings. The molecule has 1 spiro atoms. The second-order valence-electron chi connectivity index (χ2n) is 5.90. The number of thiophene rings is 1. The van der Waals surface area contributed by atoms with Crippen LogP contribution in [0.2, 0.25) is 0 Å². The van der Waals surface area contributed by atoms with E-state index in [1.807, 2.05) is 11.3 Å². The van der Waals surface area contributed by atoms with Crippen molar-refractivity contribution < 1.29 is 0 Å². The SMILES string of the molecule is CCc1ccc(-c2cc3c(s2)C2(CC2)CNC3)cc1. The van der Waals surface area contributed by atoms with Crippen molar-refractivity contribution in [3.05, 3.63) is 46.3 Å². The highest BCUT2D eigenvalue weighted by Gasteiger charge is 2.48. The molecule has 2 heteroatoms. The van der Waals surface area contributed by atoms with Crippen molar-refractivity contribution in [1.29, 1.82) is 0 Å². The van der Waals surface area contributed by atoms with E-state index in [1.54, 1.807) is 10.4 Å². The van der Waals surface area contributed by atoms with Gasteiger partial charge in [-0.05, 0) is 42.0 Å². The molecule has 0 saturated heterocycles. The minimum atomic E-state index is 0.514. The van der Waals surface area contributed by atoms with Crippen molar-refractivity contribution in [2.24, 2.45) is 0 Å². The molecule has 0 radical (unpaired) electrons. The van der Waals surface area contributed by atoms with Crippen molar-refractivity contribution in [2.75, 3.05) is 6.54 Å². The number of aryl methyl sites for hydroxylation is 1. The summed E-state index contributed by atoms with van der Waals surface area (Å²) in [6.07, 6.45) is 3.87. The Hall–Kier alpha value is -1.12. The van der Waals surface area contributed by atoms with Gasteiger partial charge in [-0.1, -0.05) is 31.2 Å². The average Bonchev–Trinajstić information content (AvgIpc) is 3.07. The molecule has 1 aromatic carbocycles. The first-order valence-electron chi connectivity index (χ1n) is 7.24. The standard InChI is InChI=1S/C17H19NS/c1-2-12-3-5-13(6-4-12)15-9-14-10-18-11-17(7-8-17)16(14)19-15/h3-6,9,18H,2,7-8,10-11H2,1H3. The Bertz CT molecular complexity index is 605. The molecule has 1 aliphatic carbocycles. The number of hydrogen-bond acceptors (Lipinski definition) is 2. The third-order valence-corrected chi connectivity index (χ3v) is 6.04. The predicted octanol–water partition coefficient (Wildman–Crippen LogP) is 4.11. The number of benzene rings is 1. The van der Waals surface area contributed by atoms with Gasteiger partial charge in [0, 0.05) is 28.3 Å². The average molecular weight is 269 g/mol. The third-order valence-electron chi connectivity index (χ3n) is 4.57. The van der Waals surface area contributed by atoms with Gasteiger partial charge in [0.15, 0.2) is 0 Å². The Morgan fingerprint density at radius 2 is 2.00 bits per heavy atom. The van der Waals surface area contributed by atoms with Crippen LogP contribution >= 0.6 is 11.3 Å². The van der Waals surface area contributed by atoms with Crippen LogP contribution in [0.5, 0.6) is 0 Å². The van der Waals surface area contributed by atoms with E-state index in [1.165, 1.54) is 35.4 Å². The first-order chi connectivity index (χ1) is 9.31. The van der Waals surface area contributed by atoms with Crippen LogP contribution in [-0.2, 0) is 18.4 Å². The van der Waals surface area contributed by atoms with Gasteiger partial charge in [-0.15, -0.1) is 11.3 Å². The Labute approximate surface area is 118 Å². The van der Waals surface area contributed by atoms with Gasteiger partial charge in [-0.25, -0.2) is 0 Å². The molecule has 1 N–H and O–H groups in total. The van der Waals surface area contributed by atoms with E-state index in [-0.39, 0.29) is 0 Å². The zero-order valence-electron chi connectivity index (χ0n) is 11.3. The quantitative estimate of drug-likeness (QED) is 0.865. The zero-order chi connectivity index (χ0) is 12.9. The van der Waals surface area contributed by atoms with E-state index in [4.69, 9.17) is 0 Å². The van der Waals surface area contributed by atoms with Crippen molar-refractivity contribution in [1.82, 2.24) is 5.32 Å². The van der Waals surface area contributed by atoms with Crippen LogP contribution in [0.15, 0.2) is 30.3 Å². The Morgan fingerprint density at radius 3 is 2.68 bits per heavy atom. The fraction of sp³-hybridized carbons (Fsp3) is 0.412. The first kappa shape index (κ1) is 11.7. The second-order valence-corrected chi connectivity index (χ2v) is 6.95. The summed E-state index contributed by atoms with van der Waals surface area (Å²) in [5, 5.41) is 3.58. The van der Waals surface area contributed by atoms with E-state index < -0.39 is 0 Å². The van der Waals surface area contributed by atoms with Crippen molar-refractivity contribution in [3.8, 4) is 10.4 Å². The highest BCUT2D eigenvalue weighted by atomic mass is 32.1. The van der Waals surface area contributed by atoms with Gasteiger partial charge in [-0.3, -0.25) is 0 Å². The molecule has 1 aromatic heterocycles. The lowest BCUT2D eigenvalue weighted by molar-refractivity contribution is 0.541. The summed E-state index contributed by atoms with van der Waals surface area (Å²) < 4.78 is 0. The monoisotopic (exact) mass is 269 g/mol. The maximum atomic E-state index is 3.58. The number of rotatable bonds is 2. The molecular formula is C17H19NS. The Balaban J connectivity index is 1.74. The number of fused-ring (bicyclic) bond motifs is 2. The third kappa shape index (κ3) is 1.86. The van der Waals surface area contributed by atoms with E-state index in [0.29, 0.717) is 5.41 Å². The summed E-state index contributed by atoms with van der Waals surface area (Å²) >= 11 is 2.03. The maximum Gasteiger partial charge on any atom is 0.0349 e. The maximum absolute atomic E-state index is 3.58. The van der Waals surface area contributed by atoms with Crippen molar-refractivity contribution >= 4 is 11.3 Å². The number of nitrogens with one attached hydrogen (secondary N) is 1. The fourth-order valence-electron chi connectivity index (χ4n) is 3.13. The molecule has 0 unspecified atom stereocenters. The summed E-state index contributed by atoms with van der Waals surface area (Å²) in [5.74, 6) is 0. The normalized spacial score (nSPS) is 19.4. The van der Waals surface area contributed by atoms with Crippen molar-refractivity contribution in [3.63, 3.8) is 0 Å². The minimum Gasteiger partial charge on any atom is -0.312 e. The molecular weight excluding hydrogens is 250 g/mol. The molecule has 1 fully saturated rings. The molecule has 2 heterocycles. The molecule has 19 heavy (non-hydrogen) atoms. The molecule has 0 bridgehead atoms. The summed E-state index contributed by atoms with van der Waals surface area (Å²) in [6.45, 7) is 4.46. The number of hydrogen-bond donors (Lipinski definition) is 1. The van der Waals surface area contributed by atoms with Crippen molar-refractivity contribution in [2.45, 2.75) is 38.1 Å². The zero-order valence-corrected chi connectivity index (χ0v) is 12.1. The van der Waals surface area contributed by atoms with Gasteiger partial charge in [0.2, 0.25) is 0 Å². The van der Waals surface area contributed by atoms with Crippen LogP contribution in [0.1, 0.15) is 35.8 Å². The first-order valence-corrected chi connectivity index (χ1v) is 8.06. The van der Waals surface area contributed by atoms with Gasteiger partial charge in [-0.2, -0.15) is 0 Å². The van der Waals surface area contributed by atoms with Gasteiger partial charge in [0.1, 0.15) is 0 Å². The highest BCUT2D eigenvalue weighted by Crippen LogP contribution is 2.54. The summed E-state index contributed by atoms with van der Waals surface area (Å²) in [5.41, 5.74) is 4.86.